The number of nitrogens with one attached hydrogen (secondary N) is 1. The summed E-state index contributed by atoms with van der Waals surface area (Å²) in [7, 11) is 2.95. The molecule has 1 N–H and O–H groups in total. The Labute approximate surface area is 130 Å². The number of esters is 1. The molecule has 0 bridgehead atoms. The topological polar surface area (TPSA) is 75.7 Å². The molecule has 22 heavy (non-hydrogen) atoms. The number of likely N-dealkylation sites (N-methyl/N-ethyl adjacent to an activating group) is 1. The predicted molar refractivity (Wildman–Crippen MR) is 82.4 cm³/mol. The van der Waals surface area contributed by atoms with E-state index in [4.69, 9.17) is 0 Å². The van der Waals surface area contributed by atoms with Crippen molar-refractivity contribution in [2.45, 2.75) is 19.3 Å². The summed E-state index contributed by atoms with van der Waals surface area (Å²) in [5, 5.41) is 2.55. The van der Waals surface area contributed by atoms with E-state index in [9.17, 15) is 14.4 Å². The zero-order valence-electron chi connectivity index (χ0n) is 13.0. The Morgan fingerprint density at radius 3 is 2.45 bits per heavy atom. The molecule has 0 aromatic heterocycles. The number of carbonyl (C=O) groups excluding carboxylic acids is 3. The quantitative estimate of drug-likeness (QED) is 0.737. The molecule has 0 heterocycles. The Balaban J connectivity index is 2.23. The summed E-state index contributed by atoms with van der Waals surface area (Å²) < 4.78 is 4.45. The van der Waals surface area contributed by atoms with Crippen LogP contribution < -0.4 is 5.32 Å². The Morgan fingerprint density at radius 1 is 1.14 bits per heavy atom. The van der Waals surface area contributed by atoms with Gasteiger partial charge < -0.3 is 15.0 Å². The first-order chi connectivity index (χ1) is 10.5. The first-order valence-corrected chi connectivity index (χ1v) is 7.14. The minimum Gasteiger partial charge on any atom is -0.469 e. The summed E-state index contributed by atoms with van der Waals surface area (Å²) in [4.78, 5) is 35.8. The highest BCUT2D eigenvalue weighted by molar-refractivity contribution is 5.87. The van der Waals surface area contributed by atoms with Gasteiger partial charge >= 0.3 is 12.0 Å². The van der Waals surface area contributed by atoms with Crippen molar-refractivity contribution in [3.05, 3.63) is 35.9 Å². The second kappa shape index (κ2) is 9.55. The molecule has 1 aromatic rings. The van der Waals surface area contributed by atoms with Gasteiger partial charge in [-0.25, -0.2) is 4.79 Å². The lowest BCUT2D eigenvalue weighted by Gasteiger charge is -2.17. The molecule has 0 saturated heterocycles. The van der Waals surface area contributed by atoms with E-state index in [0.717, 1.165) is 12.0 Å². The molecular weight excluding hydrogens is 284 g/mol. The van der Waals surface area contributed by atoms with Gasteiger partial charge in [-0.3, -0.25) is 9.59 Å². The molecule has 1 rings (SSSR count). The van der Waals surface area contributed by atoms with Crippen LogP contribution in [-0.2, 0) is 20.7 Å². The van der Waals surface area contributed by atoms with Crippen LogP contribution in [0.15, 0.2) is 30.3 Å². The number of hydrogen-bond donors (Lipinski definition) is 1. The lowest BCUT2D eigenvalue weighted by molar-refractivity contribution is -0.141. The summed E-state index contributed by atoms with van der Waals surface area (Å²) in [5.41, 5.74) is 1.15. The Kier molecular flexibility index (Phi) is 7.67. The number of benzene rings is 1. The van der Waals surface area contributed by atoms with Crippen LogP contribution in [0.2, 0.25) is 0 Å². The van der Waals surface area contributed by atoms with Gasteiger partial charge in [0.15, 0.2) is 5.78 Å². The molecule has 0 radical (unpaired) electrons. The molecule has 6 heteroatoms. The van der Waals surface area contributed by atoms with Gasteiger partial charge in [-0.15, -0.1) is 0 Å². The highest BCUT2D eigenvalue weighted by Crippen LogP contribution is 2.00. The maximum Gasteiger partial charge on any atom is 0.317 e. The predicted octanol–water partition coefficient (Wildman–Crippen LogP) is 1.39. The van der Waals surface area contributed by atoms with E-state index in [2.05, 4.69) is 10.1 Å². The van der Waals surface area contributed by atoms with E-state index in [-0.39, 0.29) is 31.2 Å². The van der Waals surface area contributed by atoms with Crippen LogP contribution in [-0.4, -0.2) is 49.9 Å². The van der Waals surface area contributed by atoms with E-state index in [0.29, 0.717) is 6.54 Å². The van der Waals surface area contributed by atoms with Crippen LogP contribution in [0.4, 0.5) is 4.79 Å². The fourth-order valence-electron chi connectivity index (χ4n) is 1.78. The molecule has 1 aromatic carbocycles. The maximum atomic E-state index is 11.8. The number of ether oxygens (including phenoxy) is 1. The van der Waals surface area contributed by atoms with E-state index < -0.39 is 5.97 Å². The molecule has 0 aliphatic rings. The number of carbonyl (C=O) groups is 3. The highest BCUT2D eigenvalue weighted by atomic mass is 16.5. The van der Waals surface area contributed by atoms with Gasteiger partial charge in [0.1, 0.15) is 0 Å². The SMILES string of the molecule is COC(=O)CCC(=O)CNC(=O)N(C)CCc1ccccc1. The van der Waals surface area contributed by atoms with Crippen LogP contribution in [0.5, 0.6) is 0 Å². The second-order valence-electron chi connectivity index (χ2n) is 4.93. The van der Waals surface area contributed by atoms with Gasteiger partial charge in [-0.05, 0) is 12.0 Å². The number of amides is 2. The molecule has 2 amide bonds. The Bertz CT molecular complexity index is 502. The maximum absolute atomic E-state index is 11.8. The number of ketones is 1. The zero-order chi connectivity index (χ0) is 16.4. The summed E-state index contributed by atoms with van der Waals surface area (Å²) in [5.74, 6) is -0.630. The third-order valence-corrected chi connectivity index (χ3v) is 3.20. The van der Waals surface area contributed by atoms with Crippen LogP contribution in [0.25, 0.3) is 0 Å². The summed E-state index contributed by atoms with van der Waals surface area (Å²) >= 11 is 0. The first kappa shape index (κ1) is 17.7. The summed E-state index contributed by atoms with van der Waals surface area (Å²) in [6.45, 7) is 0.484. The lowest BCUT2D eigenvalue weighted by Crippen LogP contribution is -2.40. The molecular formula is C16H22N2O4. The summed E-state index contributed by atoms with van der Waals surface area (Å²) in [6.07, 6.45) is 0.858. The van der Waals surface area contributed by atoms with Gasteiger partial charge in [0, 0.05) is 20.0 Å². The highest BCUT2D eigenvalue weighted by Gasteiger charge is 2.11. The van der Waals surface area contributed by atoms with Gasteiger partial charge in [0.2, 0.25) is 0 Å². The van der Waals surface area contributed by atoms with Crippen molar-refractivity contribution in [1.82, 2.24) is 10.2 Å². The Morgan fingerprint density at radius 2 is 1.82 bits per heavy atom. The number of hydrogen-bond acceptors (Lipinski definition) is 4. The Hall–Kier alpha value is -2.37. The fourth-order valence-corrected chi connectivity index (χ4v) is 1.78. The standard InChI is InChI=1S/C16H22N2O4/c1-18(11-10-13-6-4-3-5-7-13)16(21)17-12-14(19)8-9-15(20)22-2/h3-7H,8-12H2,1-2H3,(H,17,21). The van der Waals surface area contributed by atoms with Crippen molar-refractivity contribution < 1.29 is 19.1 Å². The van der Waals surface area contributed by atoms with Crippen molar-refractivity contribution in [2.24, 2.45) is 0 Å². The van der Waals surface area contributed by atoms with Crippen LogP contribution >= 0.6 is 0 Å². The molecule has 0 saturated carbocycles. The third-order valence-electron chi connectivity index (χ3n) is 3.20. The van der Waals surface area contributed by atoms with Crippen molar-refractivity contribution in [3.63, 3.8) is 0 Å². The summed E-state index contributed by atoms with van der Waals surface area (Å²) in [6, 6.07) is 9.55. The molecule has 0 aliphatic carbocycles. The normalized spacial score (nSPS) is 9.91. The van der Waals surface area contributed by atoms with Crippen LogP contribution in [0.3, 0.4) is 0 Å². The molecule has 0 fully saturated rings. The van der Waals surface area contributed by atoms with Crippen LogP contribution in [0, 0.1) is 0 Å². The van der Waals surface area contributed by atoms with Crippen LogP contribution in [0.1, 0.15) is 18.4 Å². The lowest BCUT2D eigenvalue weighted by atomic mass is 10.1. The monoisotopic (exact) mass is 306 g/mol. The largest absolute Gasteiger partial charge is 0.469 e. The number of Topliss-reactive ketones (excluding diaryl/α,β-unsaturated/α-hetero) is 1. The average Bonchev–Trinajstić information content (AvgIpc) is 2.56. The second-order valence-corrected chi connectivity index (χ2v) is 4.93. The van der Waals surface area contributed by atoms with Crippen molar-refractivity contribution >= 4 is 17.8 Å². The minimum atomic E-state index is -0.431. The fraction of sp³-hybridized carbons (Fsp3) is 0.438. The van der Waals surface area contributed by atoms with Gasteiger partial charge in [-0.1, -0.05) is 30.3 Å². The van der Waals surface area contributed by atoms with Crippen molar-refractivity contribution in [3.8, 4) is 0 Å². The minimum absolute atomic E-state index is 0.0368. The van der Waals surface area contributed by atoms with Crippen molar-refractivity contribution in [1.29, 1.82) is 0 Å². The average molecular weight is 306 g/mol. The van der Waals surface area contributed by atoms with Gasteiger partial charge in [-0.2, -0.15) is 0 Å². The molecule has 0 unspecified atom stereocenters. The molecule has 0 atom stereocenters. The number of nitrogens with zero attached hydrogens (tertiary/aromatic N) is 1. The first-order valence-electron chi connectivity index (χ1n) is 7.14. The smallest absolute Gasteiger partial charge is 0.317 e. The van der Waals surface area contributed by atoms with Gasteiger partial charge in [0.05, 0.1) is 20.1 Å². The van der Waals surface area contributed by atoms with Gasteiger partial charge in [0.25, 0.3) is 0 Å². The van der Waals surface area contributed by atoms with E-state index in [1.807, 2.05) is 30.3 Å². The number of methoxy groups -OCH3 is 1. The molecule has 0 spiro atoms. The zero-order valence-corrected chi connectivity index (χ0v) is 13.0. The van der Waals surface area contributed by atoms with E-state index >= 15 is 0 Å². The number of urea groups is 1. The van der Waals surface area contributed by atoms with E-state index in [1.165, 1.54) is 12.0 Å². The molecule has 0 aliphatic heterocycles. The third kappa shape index (κ3) is 6.88. The molecule has 6 nitrogen and oxygen atoms in total. The number of rotatable bonds is 8. The molecule has 120 valence electrons. The van der Waals surface area contributed by atoms with Crippen molar-refractivity contribution in [2.75, 3.05) is 27.2 Å². The van der Waals surface area contributed by atoms with E-state index in [1.54, 1.807) is 7.05 Å².